The van der Waals surface area contributed by atoms with E-state index in [9.17, 15) is 9.90 Å². The molecule has 9 aliphatic rings. The highest BCUT2D eigenvalue weighted by Crippen LogP contribution is 2.86. The second-order valence-corrected chi connectivity index (χ2v) is 11.5. The number of aliphatic hydroxyl groups is 1. The largest absolute Gasteiger partial charge is 0.462 e. The average molecular weight is 400 g/mol. The Morgan fingerprint density at radius 2 is 2.17 bits per heavy atom. The third kappa shape index (κ3) is 1.52. The lowest BCUT2D eigenvalue weighted by molar-refractivity contribution is -0.372. The number of hydrogen-bond donors (Lipinski definition) is 1. The van der Waals surface area contributed by atoms with Crippen molar-refractivity contribution in [2.24, 2.45) is 39.9 Å². The minimum Gasteiger partial charge on any atom is -0.462 e. The second kappa shape index (κ2) is 4.94. The van der Waals surface area contributed by atoms with Gasteiger partial charge in [0.15, 0.2) is 0 Å². The van der Waals surface area contributed by atoms with Crippen molar-refractivity contribution in [3.8, 4) is 0 Å². The van der Waals surface area contributed by atoms with E-state index in [0.717, 1.165) is 31.4 Å². The van der Waals surface area contributed by atoms with Gasteiger partial charge in [-0.25, -0.2) is 0 Å². The summed E-state index contributed by atoms with van der Waals surface area (Å²) in [6, 6.07) is 0.511. The molecule has 4 heterocycles. The van der Waals surface area contributed by atoms with Gasteiger partial charge in [-0.15, -0.1) is 0 Å². The summed E-state index contributed by atoms with van der Waals surface area (Å²) >= 11 is 0. The molecule has 0 aromatic rings. The maximum atomic E-state index is 11.9. The van der Waals surface area contributed by atoms with E-state index in [1.54, 1.807) is 0 Å². The summed E-state index contributed by atoms with van der Waals surface area (Å²) < 4.78 is 12.7. The predicted molar refractivity (Wildman–Crippen MR) is 106 cm³/mol. The van der Waals surface area contributed by atoms with Gasteiger partial charge in [-0.2, -0.15) is 0 Å². The van der Waals surface area contributed by atoms with Crippen molar-refractivity contribution in [1.29, 1.82) is 0 Å². The van der Waals surface area contributed by atoms with E-state index >= 15 is 0 Å². The maximum Gasteiger partial charge on any atom is 0.302 e. The van der Waals surface area contributed by atoms with E-state index in [1.807, 2.05) is 0 Å². The van der Waals surface area contributed by atoms with Crippen LogP contribution in [0.3, 0.4) is 0 Å². The molecule has 5 saturated carbocycles. The Bertz CT molecular complexity index is 843. The number of nitrogens with zero attached hydrogens (tertiary/aromatic N) is 1. The van der Waals surface area contributed by atoms with Crippen LogP contribution in [-0.2, 0) is 14.3 Å². The Morgan fingerprint density at radius 3 is 2.90 bits per heavy atom. The zero-order chi connectivity index (χ0) is 20.1. The van der Waals surface area contributed by atoms with Crippen molar-refractivity contribution >= 4 is 5.97 Å². The SMILES string of the molecule is C=C1[C@H]2C[C@@]3([C@@H]1O)[C@@H]1C[C@@H]4[C@]5(C)CC[C@H]6O[C@@H]5N(CC)[C@@H]1[C@@]46[C@@H]3C[C@H]2OC(C)=O. The van der Waals surface area contributed by atoms with Crippen LogP contribution in [0.15, 0.2) is 12.2 Å². The van der Waals surface area contributed by atoms with E-state index in [-0.39, 0.29) is 40.5 Å². The minimum atomic E-state index is -0.465. The fraction of sp³-hybridized carbons (Fsp3) is 0.875. The van der Waals surface area contributed by atoms with Gasteiger partial charge < -0.3 is 14.6 Å². The Balaban J connectivity index is 1.44. The van der Waals surface area contributed by atoms with E-state index in [2.05, 4.69) is 25.3 Å². The van der Waals surface area contributed by atoms with Crippen molar-refractivity contribution in [3.63, 3.8) is 0 Å². The molecule has 1 N–H and O–H groups in total. The van der Waals surface area contributed by atoms with Crippen LogP contribution >= 0.6 is 0 Å². The molecule has 9 rings (SSSR count). The topological polar surface area (TPSA) is 59.0 Å². The lowest BCUT2D eigenvalue weighted by atomic mass is 9.41. The first-order valence-electron chi connectivity index (χ1n) is 11.8. The summed E-state index contributed by atoms with van der Waals surface area (Å²) in [6.45, 7) is 11.6. The van der Waals surface area contributed by atoms with Crippen molar-refractivity contribution in [2.75, 3.05) is 6.54 Å². The number of aliphatic hydroxyl groups excluding tert-OH is 1. The normalized spacial score (nSPS) is 63.3. The molecule has 9 bridgehead atoms. The van der Waals surface area contributed by atoms with E-state index in [1.165, 1.54) is 19.8 Å². The summed E-state index contributed by atoms with van der Waals surface area (Å²) in [5, 5.41) is 11.6. The van der Waals surface area contributed by atoms with Gasteiger partial charge in [-0.05, 0) is 62.0 Å². The Kier molecular flexibility index (Phi) is 3.02. The van der Waals surface area contributed by atoms with Gasteiger partial charge in [0.25, 0.3) is 0 Å². The smallest absolute Gasteiger partial charge is 0.302 e. The summed E-state index contributed by atoms with van der Waals surface area (Å²) in [7, 11) is 0. The number of carbonyl (C=O) groups excluding carboxylic acids is 1. The molecule has 5 nitrogen and oxygen atoms in total. The summed E-state index contributed by atoms with van der Waals surface area (Å²) in [6.07, 6.45) is 5.41. The molecule has 9 fully saturated rings. The fourth-order valence-corrected chi connectivity index (χ4v) is 10.8. The number of fused-ring (bicyclic) bond motifs is 2. The lowest BCUT2D eigenvalue weighted by Crippen LogP contribution is -2.78. The highest BCUT2D eigenvalue weighted by Gasteiger charge is 2.89. The molecular weight excluding hydrogens is 366 g/mol. The third-order valence-electron chi connectivity index (χ3n) is 11.3. The average Bonchev–Trinajstić information content (AvgIpc) is 3.22. The molecule has 12 atom stereocenters. The number of ether oxygens (including phenoxy) is 2. The molecule has 5 aliphatic carbocycles. The molecule has 0 aromatic carbocycles. The minimum absolute atomic E-state index is 0.0912. The number of rotatable bonds is 2. The molecule has 4 aliphatic heterocycles. The number of hydrogen-bond acceptors (Lipinski definition) is 5. The van der Waals surface area contributed by atoms with Crippen LogP contribution < -0.4 is 0 Å². The summed E-state index contributed by atoms with van der Waals surface area (Å²) in [5.74, 6) is 1.46. The van der Waals surface area contributed by atoms with Gasteiger partial charge in [0.2, 0.25) is 0 Å². The first-order chi connectivity index (χ1) is 13.8. The highest BCUT2D eigenvalue weighted by atomic mass is 16.5. The van der Waals surface area contributed by atoms with Crippen LogP contribution in [0.1, 0.15) is 52.9 Å². The third-order valence-corrected chi connectivity index (χ3v) is 11.3. The monoisotopic (exact) mass is 399 g/mol. The molecule has 0 aromatic heterocycles. The highest BCUT2D eigenvalue weighted by molar-refractivity contribution is 5.66. The fourth-order valence-electron chi connectivity index (χ4n) is 10.8. The van der Waals surface area contributed by atoms with Crippen molar-refractivity contribution < 1.29 is 19.4 Å². The Morgan fingerprint density at radius 1 is 1.38 bits per heavy atom. The van der Waals surface area contributed by atoms with Gasteiger partial charge in [-0.3, -0.25) is 9.69 Å². The molecule has 2 spiro atoms. The van der Waals surface area contributed by atoms with Gasteiger partial charge in [0.1, 0.15) is 12.3 Å². The van der Waals surface area contributed by atoms with Crippen molar-refractivity contribution in [3.05, 3.63) is 12.2 Å². The number of carbonyl (C=O) groups is 1. The van der Waals surface area contributed by atoms with Crippen LogP contribution in [-0.4, -0.2) is 53.1 Å². The molecule has 0 amide bonds. The summed E-state index contributed by atoms with van der Waals surface area (Å²) in [5.41, 5.74) is 1.15. The lowest BCUT2D eigenvalue weighted by Gasteiger charge is -2.73. The predicted octanol–water partition coefficient (Wildman–Crippen LogP) is 2.73. The standard InChI is InChI=1S/C24H33NO4/c1-5-25-19-14-8-16-22(4)7-6-18(29-21(22)25)24(16,19)17-9-15(28-12(3)26)13-10-23(14,17)20(27)11(13)2/h13-21,27H,2,5-10H2,1,3-4H3/t13-,14-,15-,16-,17-,18-,19+,20-,21+,22+,23-,24-/m1/s1. The molecule has 0 unspecified atom stereocenters. The Labute approximate surface area is 172 Å². The van der Waals surface area contributed by atoms with Gasteiger partial charge in [-0.1, -0.05) is 20.4 Å². The molecule has 29 heavy (non-hydrogen) atoms. The maximum absolute atomic E-state index is 11.9. The molecule has 5 heteroatoms. The molecule has 0 radical (unpaired) electrons. The first-order valence-corrected chi connectivity index (χ1v) is 11.8. The zero-order valence-electron chi connectivity index (χ0n) is 17.8. The van der Waals surface area contributed by atoms with Gasteiger partial charge >= 0.3 is 5.97 Å². The second-order valence-electron chi connectivity index (χ2n) is 11.5. The number of esters is 1. The Hall–Kier alpha value is -0.910. The van der Waals surface area contributed by atoms with Crippen LogP contribution in [0.5, 0.6) is 0 Å². The van der Waals surface area contributed by atoms with E-state index < -0.39 is 6.10 Å². The molecule has 4 saturated heterocycles. The quantitative estimate of drug-likeness (QED) is 0.572. The van der Waals surface area contributed by atoms with Crippen LogP contribution in [0.4, 0.5) is 0 Å². The zero-order valence-corrected chi connectivity index (χ0v) is 17.8. The van der Waals surface area contributed by atoms with Crippen LogP contribution in [0, 0.1) is 39.9 Å². The number of piperidine rings is 1. The van der Waals surface area contributed by atoms with Crippen LogP contribution in [0.25, 0.3) is 0 Å². The van der Waals surface area contributed by atoms with E-state index in [0.29, 0.717) is 29.9 Å². The van der Waals surface area contributed by atoms with E-state index in [4.69, 9.17) is 9.47 Å². The molecule has 158 valence electrons. The van der Waals surface area contributed by atoms with Crippen molar-refractivity contribution in [2.45, 2.75) is 83.5 Å². The first kappa shape index (κ1) is 17.7. The molecular formula is C24H33NO4. The van der Waals surface area contributed by atoms with Gasteiger partial charge in [0.05, 0.1) is 12.2 Å². The summed E-state index contributed by atoms with van der Waals surface area (Å²) in [4.78, 5) is 14.6. The van der Waals surface area contributed by atoms with Crippen LogP contribution in [0.2, 0.25) is 0 Å². The van der Waals surface area contributed by atoms with Gasteiger partial charge in [0, 0.05) is 35.1 Å². The van der Waals surface area contributed by atoms with Crippen molar-refractivity contribution in [1.82, 2.24) is 4.90 Å².